The number of hydrogen-bond acceptors (Lipinski definition) is 3. The highest BCUT2D eigenvalue weighted by molar-refractivity contribution is 5.79. The number of imidazole rings is 1. The summed E-state index contributed by atoms with van der Waals surface area (Å²) < 4.78 is 31.4. The molecule has 0 amide bonds. The van der Waals surface area contributed by atoms with Crippen LogP contribution in [0.15, 0.2) is 22.7 Å². The van der Waals surface area contributed by atoms with Crippen LogP contribution in [-0.2, 0) is 0 Å². The highest BCUT2D eigenvalue weighted by Crippen LogP contribution is 2.23. The van der Waals surface area contributed by atoms with Gasteiger partial charge in [-0.15, -0.1) is 0 Å². The standard InChI is InChI=1S/C11H7F2N3O/c1-5-4-8(17-16-5)11-14-7-3-2-6(12)9(13)10(7)15-11/h2-4H,1H3,(H,14,15). The monoisotopic (exact) mass is 235 g/mol. The molecule has 4 nitrogen and oxygen atoms in total. The molecule has 3 aromatic rings. The van der Waals surface area contributed by atoms with E-state index in [9.17, 15) is 8.78 Å². The van der Waals surface area contributed by atoms with Crippen LogP contribution in [0.5, 0.6) is 0 Å². The normalized spacial score (nSPS) is 11.2. The van der Waals surface area contributed by atoms with Gasteiger partial charge in [-0.3, -0.25) is 0 Å². The van der Waals surface area contributed by atoms with Gasteiger partial charge in [0.2, 0.25) is 5.76 Å². The van der Waals surface area contributed by atoms with Crippen molar-refractivity contribution >= 4 is 11.0 Å². The number of nitrogens with zero attached hydrogens (tertiary/aromatic N) is 2. The van der Waals surface area contributed by atoms with E-state index in [1.165, 1.54) is 6.07 Å². The molecule has 0 unspecified atom stereocenters. The van der Waals surface area contributed by atoms with E-state index in [2.05, 4.69) is 15.1 Å². The molecule has 2 heterocycles. The quantitative estimate of drug-likeness (QED) is 0.705. The number of nitrogens with one attached hydrogen (secondary N) is 1. The summed E-state index contributed by atoms with van der Waals surface area (Å²) in [6, 6.07) is 4.13. The van der Waals surface area contributed by atoms with Gasteiger partial charge in [0.15, 0.2) is 17.5 Å². The van der Waals surface area contributed by atoms with Crippen molar-refractivity contribution in [2.24, 2.45) is 0 Å². The van der Waals surface area contributed by atoms with Gasteiger partial charge in [0.05, 0.1) is 11.2 Å². The number of aromatic nitrogens is 3. The molecule has 3 rings (SSSR count). The molecule has 0 aliphatic carbocycles. The molecule has 0 fully saturated rings. The highest BCUT2D eigenvalue weighted by Gasteiger charge is 2.14. The fourth-order valence-corrected chi connectivity index (χ4v) is 1.61. The predicted octanol–water partition coefficient (Wildman–Crippen LogP) is 2.80. The van der Waals surface area contributed by atoms with Crippen molar-refractivity contribution in [2.75, 3.05) is 0 Å². The Morgan fingerprint density at radius 1 is 1.29 bits per heavy atom. The van der Waals surface area contributed by atoms with Gasteiger partial charge < -0.3 is 9.51 Å². The second-order valence-electron chi connectivity index (χ2n) is 3.68. The van der Waals surface area contributed by atoms with E-state index in [0.717, 1.165) is 6.07 Å². The molecule has 6 heteroatoms. The number of aryl methyl sites for hydroxylation is 1. The first-order valence-corrected chi connectivity index (χ1v) is 4.92. The van der Waals surface area contributed by atoms with Crippen LogP contribution in [0.1, 0.15) is 5.69 Å². The summed E-state index contributed by atoms with van der Waals surface area (Å²) in [5, 5.41) is 3.70. The molecule has 0 bridgehead atoms. The first-order valence-electron chi connectivity index (χ1n) is 4.92. The van der Waals surface area contributed by atoms with E-state index in [-0.39, 0.29) is 5.52 Å². The Balaban J connectivity index is 2.23. The summed E-state index contributed by atoms with van der Waals surface area (Å²) in [6.07, 6.45) is 0. The van der Waals surface area contributed by atoms with Gasteiger partial charge in [0.25, 0.3) is 0 Å². The average Bonchev–Trinajstić information content (AvgIpc) is 2.90. The van der Waals surface area contributed by atoms with Gasteiger partial charge in [-0.25, -0.2) is 13.8 Å². The van der Waals surface area contributed by atoms with Crippen molar-refractivity contribution in [1.82, 2.24) is 15.1 Å². The molecular formula is C11H7F2N3O. The Kier molecular flexibility index (Phi) is 1.98. The summed E-state index contributed by atoms with van der Waals surface area (Å²) in [5.41, 5.74) is 1.05. The lowest BCUT2D eigenvalue weighted by Gasteiger charge is -1.91. The lowest BCUT2D eigenvalue weighted by Crippen LogP contribution is -1.84. The summed E-state index contributed by atoms with van der Waals surface area (Å²) in [4.78, 5) is 6.79. The van der Waals surface area contributed by atoms with Gasteiger partial charge in [0.1, 0.15) is 5.52 Å². The summed E-state index contributed by atoms with van der Waals surface area (Å²) >= 11 is 0. The molecule has 0 atom stereocenters. The molecule has 0 saturated carbocycles. The molecule has 2 aromatic heterocycles. The molecule has 1 N–H and O–H groups in total. The van der Waals surface area contributed by atoms with Crippen LogP contribution in [0.2, 0.25) is 0 Å². The topological polar surface area (TPSA) is 54.7 Å². The fraction of sp³-hybridized carbons (Fsp3) is 0.0909. The molecular weight excluding hydrogens is 228 g/mol. The van der Waals surface area contributed by atoms with Crippen molar-refractivity contribution in [1.29, 1.82) is 0 Å². The van der Waals surface area contributed by atoms with Crippen LogP contribution in [0.3, 0.4) is 0 Å². The maximum Gasteiger partial charge on any atom is 0.202 e. The van der Waals surface area contributed by atoms with E-state index in [0.29, 0.717) is 22.8 Å². The minimum atomic E-state index is -0.971. The maximum atomic E-state index is 13.4. The Hall–Kier alpha value is -2.24. The summed E-state index contributed by atoms with van der Waals surface area (Å²) in [5.74, 6) is -1.19. The number of fused-ring (bicyclic) bond motifs is 1. The molecule has 0 radical (unpaired) electrons. The number of H-pyrrole nitrogens is 1. The van der Waals surface area contributed by atoms with Crippen LogP contribution in [-0.4, -0.2) is 15.1 Å². The van der Waals surface area contributed by atoms with Crippen molar-refractivity contribution in [3.05, 3.63) is 35.5 Å². The van der Waals surface area contributed by atoms with Gasteiger partial charge in [0, 0.05) is 6.07 Å². The van der Waals surface area contributed by atoms with Crippen LogP contribution in [0.4, 0.5) is 8.78 Å². The fourth-order valence-electron chi connectivity index (χ4n) is 1.61. The smallest absolute Gasteiger partial charge is 0.202 e. The predicted molar refractivity (Wildman–Crippen MR) is 56.2 cm³/mol. The third kappa shape index (κ3) is 1.49. The second-order valence-corrected chi connectivity index (χ2v) is 3.68. The van der Waals surface area contributed by atoms with Crippen molar-refractivity contribution in [3.8, 4) is 11.6 Å². The molecule has 0 saturated heterocycles. The molecule has 1 aromatic carbocycles. The number of halogens is 2. The minimum absolute atomic E-state index is 0.0472. The Morgan fingerprint density at radius 2 is 2.12 bits per heavy atom. The van der Waals surface area contributed by atoms with Gasteiger partial charge in [-0.2, -0.15) is 0 Å². The first kappa shape index (κ1) is 9.95. The van der Waals surface area contributed by atoms with Crippen LogP contribution in [0.25, 0.3) is 22.6 Å². The van der Waals surface area contributed by atoms with E-state index < -0.39 is 11.6 Å². The third-order valence-electron chi connectivity index (χ3n) is 2.41. The second kappa shape index (κ2) is 3.38. The van der Waals surface area contributed by atoms with Gasteiger partial charge >= 0.3 is 0 Å². The van der Waals surface area contributed by atoms with Gasteiger partial charge in [-0.1, -0.05) is 5.16 Å². The number of hydrogen-bond donors (Lipinski definition) is 1. The number of aromatic amines is 1. The zero-order chi connectivity index (χ0) is 12.0. The largest absolute Gasteiger partial charge is 0.353 e. The molecule has 0 spiro atoms. The lowest BCUT2D eigenvalue weighted by molar-refractivity contribution is 0.425. The Morgan fingerprint density at radius 3 is 2.82 bits per heavy atom. The lowest BCUT2D eigenvalue weighted by atomic mass is 10.3. The molecule has 0 aliphatic rings. The Bertz CT molecular complexity index is 702. The van der Waals surface area contributed by atoms with E-state index in [1.54, 1.807) is 13.0 Å². The molecule has 17 heavy (non-hydrogen) atoms. The van der Waals surface area contributed by atoms with Crippen molar-refractivity contribution < 1.29 is 13.3 Å². The van der Waals surface area contributed by atoms with Crippen LogP contribution >= 0.6 is 0 Å². The van der Waals surface area contributed by atoms with Crippen molar-refractivity contribution in [3.63, 3.8) is 0 Å². The minimum Gasteiger partial charge on any atom is -0.353 e. The van der Waals surface area contributed by atoms with E-state index in [1.807, 2.05) is 0 Å². The van der Waals surface area contributed by atoms with Crippen LogP contribution in [0, 0.1) is 18.6 Å². The number of benzene rings is 1. The van der Waals surface area contributed by atoms with Gasteiger partial charge in [-0.05, 0) is 19.1 Å². The summed E-state index contributed by atoms with van der Waals surface area (Å²) in [6.45, 7) is 1.76. The molecule has 86 valence electrons. The highest BCUT2D eigenvalue weighted by atomic mass is 19.2. The maximum absolute atomic E-state index is 13.4. The third-order valence-corrected chi connectivity index (χ3v) is 2.41. The van der Waals surface area contributed by atoms with Crippen molar-refractivity contribution in [2.45, 2.75) is 6.92 Å². The molecule has 0 aliphatic heterocycles. The zero-order valence-corrected chi connectivity index (χ0v) is 8.79. The average molecular weight is 235 g/mol. The summed E-state index contributed by atoms with van der Waals surface area (Å²) in [7, 11) is 0. The van der Waals surface area contributed by atoms with E-state index in [4.69, 9.17) is 4.52 Å². The number of rotatable bonds is 1. The first-order chi connectivity index (χ1) is 8.15. The SMILES string of the molecule is Cc1cc(-c2nc3c(F)c(F)ccc3[nH]2)on1. The van der Waals surface area contributed by atoms with Crippen LogP contribution < -0.4 is 0 Å². The van der Waals surface area contributed by atoms with E-state index >= 15 is 0 Å². The Labute approximate surface area is 94.3 Å². The zero-order valence-electron chi connectivity index (χ0n) is 8.79.